The molecule has 1 saturated heterocycles. The van der Waals surface area contributed by atoms with E-state index in [0.29, 0.717) is 4.90 Å². The maximum absolute atomic E-state index is 16.5. The van der Waals surface area contributed by atoms with E-state index in [-0.39, 0.29) is 11.1 Å². The second-order valence-corrected chi connectivity index (χ2v) is 6.04. The first-order valence-corrected chi connectivity index (χ1v) is 8.20. The Balaban J connectivity index is 1.93. The topological polar surface area (TPSA) is 46.1 Å². The van der Waals surface area contributed by atoms with Crippen LogP contribution >= 0.6 is 11.6 Å². The van der Waals surface area contributed by atoms with E-state index in [4.69, 9.17) is 26.7 Å². The molecule has 0 atom stereocenters. The average molecular weight is 405 g/mol. The zero-order valence-electron chi connectivity index (χ0n) is 24.9. The van der Waals surface area contributed by atoms with Crippen LogP contribution in [0.25, 0.3) is 0 Å². The van der Waals surface area contributed by atoms with E-state index in [1.54, 1.807) is 0 Å². The molecule has 1 aliphatic rings. The molecule has 1 amide bonds. The Labute approximate surface area is 178 Å². The molecular weight excluding hydrogens is 372 g/mol. The predicted molar refractivity (Wildman–Crippen MR) is 100 cm³/mol. The molecule has 0 saturated carbocycles. The fraction of sp³-hybridized carbons (Fsp3) is 0.450. The second kappa shape index (κ2) is 8.30. The van der Waals surface area contributed by atoms with E-state index in [1.165, 1.54) is 0 Å². The summed E-state index contributed by atoms with van der Waals surface area (Å²) >= 11 is 5.68. The quantitative estimate of drug-likeness (QED) is 0.734. The summed E-state index contributed by atoms with van der Waals surface area (Å²) in [6, 6.07) is 2.83. The van der Waals surface area contributed by atoms with E-state index in [0.717, 1.165) is 30.6 Å². The Morgan fingerprint density at radius 1 is 1.41 bits per heavy atom. The van der Waals surface area contributed by atoms with E-state index in [9.17, 15) is 9.18 Å². The third-order valence-corrected chi connectivity index (χ3v) is 4.00. The molecule has 144 valence electrons. The molecule has 27 heavy (non-hydrogen) atoms. The molecule has 1 aromatic carbocycles. The Kier molecular flexibility index (Phi) is 3.05. The molecule has 0 radical (unpaired) electrons. The summed E-state index contributed by atoms with van der Waals surface area (Å²) in [7, 11) is 0. The van der Waals surface area contributed by atoms with Crippen LogP contribution in [0.2, 0.25) is 5.02 Å². The molecule has 1 aromatic heterocycles. The number of piperidine rings is 1. The van der Waals surface area contributed by atoms with E-state index in [1.807, 2.05) is 0 Å². The summed E-state index contributed by atoms with van der Waals surface area (Å²) < 4.78 is 118. The number of benzene rings is 1. The van der Waals surface area contributed by atoms with E-state index in [2.05, 4.69) is 9.97 Å². The summed E-state index contributed by atoms with van der Waals surface area (Å²) in [6.07, 6.45) is -13.0. The van der Waals surface area contributed by atoms with Crippen LogP contribution in [0.4, 0.5) is 8.78 Å². The first-order valence-electron chi connectivity index (χ1n) is 13.3. The van der Waals surface area contributed by atoms with Gasteiger partial charge in [-0.05, 0) is 56.2 Å². The summed E-state index contributed by atoms with van der Waals surface area (Å²) in [5.41, 5.74) is -4.53. The van der Waals surface area contributed by atoms with Gasteiger partial charge in [-0.2, -0.15) is 0 Å². The van der Waals surface area contributed by atoms with Gasteiger partial charge in [0.15, 0.2) is 0 Å². The third kappa shape index (κ3) is 5.01. The van der Waals surface area contributed by atoms with Gasteiger partial charge >= 0.3 is 0 Å². The van der Waals surface area contributed by atoms with E-state index >= 15 is 4.39 Å². The number of nitrogens with zero attached hydrogens (tertiary/aromatic N) is 3. The average Bonchev–Trinajstić information content (AvgIpc) is 2.76. The highest BCUT2D eigenvalue weighted by molar-refractivity contribution is 6.31. The fourth-order valence-corrected chi connectivity index (χ4v) is 2.45. The van der Waals surface area contributed by atoms with Gasteiger partial charge in [0.2, 0.25) is 0 Å². The van der Waals surface area contributed by atoms with Crippen molar-refractivity contribution in [1.29, 1.82) is 0 Å². The van der Waals surface area contributed by atoms with Crippen LogP contribution in [-0.4, -0.2) is 39.5 Å². The number of hydrogen-bond donors (Lipinski definition) is 0. The van der Waals surface area contributed by atoms with Crippen molar-refractivity contribution in [3.05, 3.63) is 58.4 Å². The van der Waals surface area contributed by atoms with Crippen molar-refractivity contribution in [1.82, 2.24) is 14.9 Å². The van der Waals surface area contributed by atoms with E-state index < -0.39 is 80.1 Å². The van der Waals surface area contributed by atoms with Gasteiger partial charge in [-0.1, -0.05) is 11.6 Å². The lowest BCUT2D eigenvalue weighted by Gasteiger charge is -2.36. The number of aryl methyl sites for hydroxylation is 2. The summed E-state index contributed by atoms with van der Waals surface area (Å²) in [5, 5.41) is -0.425. The number of alkyl halides is 1. The van der Waals surface area contributed by atoms with Crippen molar-refractivity contribution in [2.75, 3.05) is 13.1 Å². The normalized spacial score (nSPS) is 27.7. The van der Waals surface area contributed by atoms with Crippen molar-refractivity contribution in [3.63, 3.8) is 0 Å². The fourth-order valence-electron chi connectivity index (χ4n) is 2.27. The van der Waals surface area contributed by atoms with Gasteiger partial charge in [-0.25, -0.2) is 18.7 Å². The largest absolute Gasteiger partial charge is 0.338 e. The molecule has 0 unspecified atom stereocenters. The zero-order valence-corrected chi connectivity index (χ0v) is 14.6. The smallest absolute Gasteiger partial charge is 0.253 e. The number of carbonyl (C=O) groups is 1. The Bertz CT molecular complexity index is 1210. The monoisotopic (exact) mass is 404 g/mol. The van der Waals surface area contributed by atoms with Crippen molar-refractivity contribution in [2.45, 2.75) is 44.4 Å². The van der Waals surface area contributed by atoms with Gasteiger partial charge < -0.3 is 4.90 Å². The molecular formula is C20H22ClF2N3O. The molecule has 1 aliphatic heterocycles. The van der Waals surface area contributed by atoms with Crippen LogP contribution in [-0.2, 0) is 6.37 Å². The second-order valence-electron chi connectivity index (χ2n) is 5.63. The van der Waals surface area contributed by atoms with Crippen molar-refractivity contribution < 1.29 is 28.7 Å². The van der Waals surface area contributed by atoms with Crippen molar-refractivity contribution >= 4 is 17.5 Å². The third-order valence-electron chi connectivity index (χ3n) is 3.71. The van der Waals surface area contributed by atoms with Gasteiger partial charge in [0.1, 0.15) is 17.3 Å². The lowest BCUT2D eigenvalue weighted by molar-refractivity contribution is 0.0389. The molecule has 2 heterocycles. The first-order chi connectivity index (χ1) is 17.1. The predicted octanol–water partition coefficient (Wildman–Crippen LogP) is 4.54. The highest BCUT2D eigenvalue weighted by atomic mass is 35.5. The molecule has 0 aliphatic carbocycles. The SMILES string of the molecule is [2H]C([2H])([2H])c1cnc(C([2H])([2H])CC([2H])([2H])C2(F)C([2H])([2H])CN(C(=O)c3ccc(F)c(Cl)c3)CC2([2H])[2H])nc1. The zero-order chi connectivity index (χ0) is 29.1. The number of amides is 1. The van der Waals surface area contributed by atoms with Crippen LogP contribution in [0.5, 0.6) is 0 Å². The maximum Gasteiger partial charge on any atom is 0.253 e. The lowest BCUT2D eigenvalue weighted by Crippen LogP contribution is -2.44. The first kappa shape index (κ1) is 9.92. The molecule has 0 N–H and O–H groups in total. The molecule has 3 rings (SSSR count). The van der Waals surface area contributed by atoms with Gasteiger partial charge in [-0.15, -0.1) is 0 Å². The summed E-state index contributed by atoms with van der Waals surface area (Å²) in [6.45, 7) is -4.81. The van der Waals surface area contributed by atoms with Crippen LogP contribution in [0, 0.1) is 12.7 Å². The summed E-state index contributed by atoms with van der Waals surface area (Å²) in [5.74, 6) is -2.55. The Morgan fingerprint density at radius 2 is 2.11 bits per heavy atom. The number of rotatable bonds is 5. The number of hydrogen-bond acceptors (Lipinski definition) is 3. The molecule has 1 fully saturated rings. The minimum Gasteiger partial charge on any atom is -0.338 e. The van der Waals surface area contributed by atoms with Crippen molar-refractivity contribution in [2.24, 2.45) is 0 Å². The number of aromatic nitrogens is 2. The van der Waals surface area contributed by atoms with Gasteiger partial charge in [0.25, 0.3) is 5.91 Å². The number of likely N-dealkylation sites (tertiary alicyclic amines) is 1. The van der Waals surface area contributed by atoms with Gasteiger partial charge in [0.05, 0.1) is 5.02 Å². The van der Waals surface area contributed by atoms with Crippen molar-refractivity contribution in [3.8, 4) is 0 Å². The minimum absolute atomic E-state index is 0.230. The highest BCUT2D eigenvalue weighted by Crippen LogP contribution is 2.32. The van der Waals surface area contributed by atoms with Gasteiger partial charge in [-0.3, -0.25) is 4.79 Å². The van der Waals surface area contributed by atoms with Gasteiger partial charge in [0, 0.05) is 52.5 Å². The van der Waals surface area contributed by atoms with Crippen LogP contribution < -0.4 is 0 Å². The molecule has 7 heteroatoms. The maximum atomic E-state index is 16.5. The Hall–Kier alpha value is -2.08. The minimum atomic E-state index is -3.98. The number of carbonyl (C=O) groups excluding carboxylic acids is 1. The van der Waals surface area contributed by atoms with Crippen LogP contribution in [0.1, 0.15) is 62.4 Å². The molecule has 4 nitrogen and oxygen atoms in total. The molecule has 2 aromatic rings. The van der Waals surface area contributed by atoms with Crippen LogP contribution in [0.3, 0.4) is 0 Å². The molecule has 0 spiro atoms. The Morgan fingerprint density at radius 3 is 2.74 bits per heavy atom. The number of halogens is 3. The van der Waals surface area contributed by atoms with Crippen LogP contribution in [0.15, 0.2) is 30.6 Å². The molecule has 0 bridgehead atoms. The summed E-state index contributed by atoms with van der Waals surface area (Å²) in [4.78, 5) is 20.7. The lowest BCUT2D eigenvalue weighted by atomic mass is 9.88. The highest BCUT2D eigenvalue weighted by Gasteiger charge is 2.35. The standard InChI is InChI=1S/C20H22ClF2N3O/c1-14-12-24-18(25-13-14)3-2-6-20(23)7-9-26(10-8-20)19(27)15-4-5-17(22)16(21)11-15/h4-5,11-13H,2-3,6-10H2,1H3/i1D3,3D2,6D2,7D2,8D2.